The molecule has 1 aliphatic heterocycles. The molecule has 0 aliphatic carbocycles. The molecule has 0 spiro atoms. The highest BCUT2D eigenvalue weighted by molar-refractivity contribution is 7.91. The van der Waals surface area contributed by atoms with Gasteiger partial charge in [-0.2, -0.15) is 0 Å². The predicted molar refractivity (Wildman–Crippen MR) is 104 cm³/mol. The second kappa shape index (κ2) is 8.92. The predicted octanol–water partition coefficient (Wildman–Crippen LogP) is 1.65. The van der Waals surface area contributed by atoms with Gasteiger partial charge < -0.3 is 16.4 Å². The van der Waals surface area contributed by atoms with Gasteiger partial charge in [0.15, 0.2) is 15.8 Å². The zero-order valence-corrected chi connectivity index (χ0v) is 16.7. The summed E-state index contributed by atoms with van der Waals surface area (Å²) in [6.45, 7) is 2.08. The Kier molecular flexibility index (Phi) is 7.14. The van der Waals surface area contributed by atoms with Crippen molar-refractivity contribution >= 4 is 44.9 Å². The van der Waals surface area contributed by atoms with E-state index in [4.69, 9.17) is 28.9 Å². The normalized spacial score (nSPS) is 20.6. The summed E-state index contributed by atoms with van der Waals surface area (Å²) in [4.78, 5) is 16.0. The van der Waals surface area contributed by atoms with E-state index >= 15 is 0 Å². The molecule has 1 fully saturated rings. The zero-order valence-electron chi connectivity index (χ0n) is 14.3. The average molecular weight is 421 g/mol. The molecular weight excluding hydrogens is 399 g/mol. The molecule has 0 saturated carbocycles. The molecule has 2 unspecified atom stereocenters. The van der Waals surface area contributed by atoms with Crippen molar-refractivity contribution in [2.75, 3.05) is 18.1 Å². The molecule has 1 heterocycles. The standard InChI is InChI=1S/C16H22Cl2N4O3S/c1-10(13-3-2-11(17)8-14(13)18)21-16(19)20-6-4-15(23)22-12-5-7-26(24,25)9-12/h2-3,8,10,12H,4-7,9H2,1H3,(H,22,23)(H3,19,20,21). The molecule has 1 amide bonds. The van der Waals surface area contributed by atoms with Crippen LogP contribution in [0.2, 0.25) is 10.0 Å². The number of amides is 1. The van der Waals surface area contributed by atoms with Crippen molar-refractivity contribution in [2.24, 2.45) is 10.7 Å². The highest BCUT2D eigenvalue weighted by atomic mass is 35.5. The van der Waals surface area contributed by atoms with Crippen LogP contribution in [0.25, 0.3) is 0 Å². The maximum atomic E-state index is 11.8. The number of sulfone groups is 1. The van der Waals surface area contributed by atoms with Gasteiger partial charge in [0.2, 0.25) is 5.91 Å². The molecule has 0 bridgehead atoms. The lowest BCUT2D eigenvalue weighted by molar-refractivity contribution is -0.121. The van der Waals surface area contributed by atoms with Crippen molar-refractivity contribution in [2.45, 2.75) is 31.8 Å². The van der Waals surface area contributed by atoms with Gasteiger partial charge in [-0.1, -0.05) is 29.3 Å². The molecule has 1 aliphatic rings. The second-order valence-electron chi connectivity index (χ2n) is 6.22. The maximum Gasteiger partial charge on any atom is 0.222 e. The van der Waals surface area contributed by atoms with Gasteiger partial charge in [0.1, 0.15) is 0 Å². The minimum absolute atomic E-state index is 0.00503. The average Bonchev–Trinajstić information content (AvgIpc) is 2.85. The van der Waals surface area contributed by atoms with Crippen molar-refractivity contribution in [3.8, 4) is 0 Å². The van der Waals surface area contributed by atoms with Crippen molar-refractivity contribution in [1.29, 1.82) is 0 Å². The Morgan fingerprint density at radius 1 is 1.42 bits per heavy atom. The van der Waals surface area contributed by atoms with Gasteiger partial charge in [0.25, 0.3) is 0 Å². The number of halogens is 2. The van der Waals surface area contributed by atoms with Crippen LogP contribution < -0.4 is 16.4 Å². The van der Waals surface area contributed by atoms with E-state index in [-0.39, 0.29) is 48.4 Å². The molecule has 0 aromatic heterocycles. The fourth-order valence-electron chi connectivity index (χ4n) is 2.68. The number of rotatable bonds is 6. The molecule has 144 valence electrons. The number of hydrogen-bond acceptors (Lipinski definition) is 4. The highest BCUT2D eigenvalue weighted by Crippen LogP contribution is 2.25. The van der Waals surface area contributed by atoms with Gasteiger partial charge in [0.05, 0.1) is 24.1 Å². The number of nitrogens with zero attached hydrogens (tertiary/aromatic N) is 1. The van der Waals surface area contributed by atoms with E-state index in [1.165, 1.54) is 0 Å². The second-order valence-corrected chi connectivity index (χ2v) is 9.29. The Balaban J connectivity index is 1.78. The molecule has 0 radical (unpaired) electrons. The van der Waals surface area contributed by atoms with Gasteiger partial charge in [-0.25, -0.2) is 8.42 Å². The lowest BCUT2D eigenvalue weighted by atomic mass is 10.1. The highest BCUT2D eigenvalue weighted by Gasteiger charge is 2.28. The lowest BCUT2D eigenvalue weighted by Gasteiger charge is -2.16. The van der Waals surface area contributed by atoms with Gasteiger partial charge in [0, 0.05) is 22.5 Å². The third kappa shape index (κ3) is 6.34. The number of carbonyl (C=O) groups excluding carboxylic acids is 1. The number of hydrogen-bond donors (Lipinski definition) is 3. The first-order valence-corrected chi connectivity index (χ1v) is 10.8. The molecule has 2 rings (SSSR count). The number of carbonyl (C=O) groups is 1. The van der Waals surface area contributed by atoms with Crippen LogP contribution in [-0.2, 0) is 14.6 Å². The SMILES string of the molecule is CC(NC(N)=NCCC(=O)NC1CCS(=O)(=O)C1)c1ccc(Cl)cc1Cl. The number of aliphatic imine (C=N–C) groups is 1. The summed E-state index contributed by atoms with van der Waals surface area (Å²) in [5.74, 6) is 0.0839. The van der Waals surface area contributed by atoms with Gasteiger partial charge in [-0.15, -0.1) is 0 Å². The third-order valence-electron chi connectivity index (χ3n) is 4.01. The van der Waals surface area contributed by atoms with Gasteiger partial charge in [-0.05, 0) is 31.0 Å². The van der Waals surface area contributed by atoms with E-state index in [2.05, 4.69) is 15.6 Å². The molecule has 7 nitrogen and oxygen atoms in total. The number of benzene rings is 1. The summed E-state index contributed by atoms with van der Waals surface area (Å²) in [5, 5.41) is 6.79. The van der Waals surface area contributed by atoms with Gasteiger partial charge >= 0.3 is 0 Å². The third-order valence-corrected chi connectivity index (χ3v) is 6.34. The van der Waals surface area contributed by atoms with Crippen LogP contribution in [0.4, 0.5) is 0 Å². The van der Waals surface area contributed by atoms with E-state index in [1.54, 1.807) is 18.2 Å². The Labute approximate surface area is 163 Å². The first kappa shape index (κ1) is 20.8. The van der Waals surface area contributed by atoms with E-state index in [1.807, 2.05) is 6.92 Å². The topological polar surface area (TPSA) is 114 Å². The summed E-state index contributed by atoms with van der Waals surface area (Å²) in [7, 11) is -3.01. The monoisotopic (exact) mass is 420 g/mol. The van der Waals surface area contributed by atoms with E-state index in [9.17, 15) is 13.2 Å². The molecule has 1 aromatic carbocycles. The molecule has 10 heteroatoms. The van der Waals surface area contributed by atoms with Crippen LogP contribution >= 0.6 is 23.2 Å². The molecule has 1 aromatic rings. The molecule has 26 heavy (non-hydrogen) atoms. The van der Waals surface area contributed by atoms with Crippen molar-refractivity contribution < 1.29 is 13.2 Å². The minimum Gasteiger partial charge on any atom is -0.370 e. The molecule has 2 atom stereocenters. The first-order valence-electron chi connectivity index (χ1n) is 8.17. The summed E-state index contributed by atoms with van der Waals surface area (Å²) >= 11 is 12.0. The number of nitrogens with two attached hydrogens (primary N) is 1. The number of nitrogens with one attached hydrogen (secondary N) is 2. The summed E-state index contributed by atoms with van der Waals surface area (Å²) in [6.07, 6.45) is 0.593. The van der Waals surface area contributed by atoms with Crippen LogP contribution in [0.15, 0.2) is 23.2 Å². The van der Waals surface area contributed by atoms with E-state index in [0.29, 0.717) is 16.5 Å². The summed E-state index contributed by atoms with van der Waals surface area (Å²) in [6, 6.07) is 4.71. The fourth-order valence-corrected chi connectivity index (χ4v) is 4.93. The van der Waals surface area contributed by atoms with Gasteiger partial charge in [-0.3, -0.25) is 9.79 Å². The lowest BCUT2D eigenvalue weighted by Crippen LogP contribution is -2.36. The van der Waals surface area contributed by atoms with Crippen LogP contribution in [0, 0.1) is 0 Å². The van der Waals surface area contributed by atoms with Crippen molar-refractivity contribution in [3.05, 3.63) is 33.8 Å². The molecule has 1 saturated heterocycles. The van der Waals surface area contributed by atoms with E-state index in [0.717, 1.165) is 5.56 Å². The quantitative estimate of drug-likeness (QED) is 0.478. The molecular formula is C16H22Cl2N4O3S. The summed E-state index contributed by atoms with van der Waals surface area (Å²) in [5.41, 5.74) is 6.66. The molecule has 4 N–H and O–H groups in total. The van der Waals surface area contributed by atoms with Crippen LogP contribution in [0.5, 0.6) is 0 Å². The smallest absolute Gasteiger partial charge is 0.222 e. The minimum atomic E-state index is -3.01. The van der Waals surface area contributed by atoms with Crippen molar-refractivity contribution in [3.63, 3.8) is 0 Å². The zero-order chi connectivity index (χ0) is 19.3. The Bertz CT molecular complexity index is 799. The Hall–Kier alpha value is -1.51. The maximum absolute atomic E-state index is 11.8. The summed E-state index contributed by atoms with van der Waals surface area (Å²) < 4.78 is 22.7. The largest absolute Gasteiger partial charge is 0.370 e. The fraction of sp³-hybridized carbons (Fsp3) is 0.500. The van der Waals surface area contributed by atoms with Crippen molar-refractivity contribution in [1.82, 2.24) is 10.6 Å². The van der Waals surface area contributed by atoms with Crippen LogP contribution in [0.3, 0.4) is 0 Å². The Morgan fingerprint density at radius 3 is 2.77 bits per heavy atom. The van der Waals surface area contributed by atoms with Crippen LogP contribution in [-0.4, -0.2) is 44.4 Å². The van der Waals surface area contributed by atoms with Crippen LogP contribution in [0.1, 0.15) is 31.4 Å². The first-order chi connectivity index (χ1) is 12.2. The Morgan fingerprint density at radius 2 is 2.15 bits per heavy atom. The number of guanidine groups is 1. The van der Waals surface area contributed by atoms with E-state index < -0.39 is 9.84 Å².